The standard InChI is InChI=1S/C15H22O4/c1-12(2)4-8-9(5-12)13(3,18)15-6-14(15,10(8)16)7-19-11(15)17/h8-10,16,18H,4-7H2,1-3H3/t8-,9-,10-,13+,14-,15+/m1/s1. The van der Waals surface area contributed by atoms with Crippen molar-refractivity contribution < 1.29 is 19.7 Å². The van der Waals surface area contributed by atoms with Crippen LogP contribution in [0.5, 0.6) is 0 Å². The summed E-state index contributed by atoms with van der Waals surface area (Å²) < 4.78 is 5.21. The van der Waals surface area contributed by atoms with Gasteiger partial charge in [0.25, 0.3) is 0 Å². The molecule has 3 saturated carbocycles. The second-order valence-corrected chi connectivity index (χ2v) is 8.25. The van der Waals surface area contributed by atoms with Gasteiger partial charge in [-0.15, -0.1) is 0 Å². The minimum absolute atomic E-state index is 0.00113. The fourth-order valence-electron chi connectivity index (χ4n) is 5.81. The van der Waals surface area contributed by atoms with Crippen molar-refractivity contribution in [2.24, 2.45) is 28.1 Å². The number of ether oxygens (including phenoxy) is 1. The Kier molecular flexibility index (Phi) is 1.83. The zero-order chi connectivity index (χ0) is 13.8. The molecule has 4 fully saturated rings. The van der Waals surface area contributed by atoms with Crippen molar-refractivity contribution in [3.63, 3.8) is 0 Å². The highest BCUT2D eigenvalue weighted by Gasteiger charge is 2.90. The number of esters is 1. The Morgan fingerprint density at radius 2 is 1.95 bits per heavy atom. The molecular formula is C15H22O4. The number of carbonyl (C=O) groups excluding carboxylic acids is 1. The molecule has 1 saturated heterocycles. The fraction of sp³-hybridized carbons (Fsp3) is 0.933. The van der Waals surface area contributed by atoms with Crippen LogP contribution < -0.4 is 0 Å². The Balaban J connectivity index is 1.85. The second-order valence-electron chi connectivity index (χ2n) is 8.25. The first-order valence-electron chi connectivity index (χ1n) is 7.26. The average molecular weight is 266 g/mol. The van der Waals surface area contributed by atoms with Gasteiger partial charge >= 0.3 is 5.97 Å². The first kappa shape index (κ1) is 12.2. The minimum atomic E-state index is -1.04. The van der Waals surface area contributed by atoms with Gasteiger partial charge in [0.1, 0.15) is 12.0 Å². The monoisotopic (exact) mass is 266 g/mol. The summed E-state index contributed by atoms with van der Waals surface area (Å²) in [6.45, 7) is 6.45. The third-order valence-corrected chi connectivity index (χ3v) is 6.75. The van der Waals surface area contributed by atoms with Crippen molar-refractivity contribution in [2.45, 2.75) is 51.7 Å². The number of fused-ring (bicyclic) bond motifs is 1. The lowest BCUT2D eigenvalue weighted by molar-refractivity contribution is -0.172. The molecule has 0 spiro atoms. The molecule has 4 nitrogen and oxygen atoms in total. The molecule has 0 aromatic rings. The van der Waals surface area contributed by atoms with Gasteiger partial charge in [0, 0.05) is 0 Å². The largest absolute Gasteiger partial charge is 0.464 e. The van der Waals surface area contributed by atoms with Gasteiger partial charge in [0.2, 0.25) is 0 Å². The minimum Gasteiger partial charge on any atom is -0.464 e. The fourth-order valence-corrected chi connectivity index (χ4v) is 5.81. The first-order chi connectivity index (χ1) is 8.68. The van der Waals surface area contributed by atoms with E-state index >= 15 is 0 Å². The smallest absolute Gasteiger partial charge is 0.315 e. The maximum Gasteiger partial charge on any atom is 0.315 e. The van der Waals surface area contributed by atoms with Crippen LogP contribution in [0.1, 0.15) is 40.0 Å². The summed E-state index contributed by atoms with van der Waals surface area (Å²) in [6.07, 6.45) is 1.87. The number of aliphatic hydroxyl groups is 2. The molecule has 0 radical (unpaired) electrons. The van der Waals surface area contributed by atoms with E-state index < -0.39 is 22.5 Å². The summed E-state index contributed by atoms with van der Waals surface area (Å²) in [5.41, 5.74) is -2.25. The average Bonchev–Trinajstić information content (AvgIpc) is 2.80. The van der Waals surface area contributed by atoms with E-state index in [4.69, 9.17) is 4.74 Å². The molecule has 0 amide bonds. The van der Waals surface area contributed by atoms with Crippen LogP contribution in [0.15, 0.2) is 0 Å². The van der Waals surface area contributed by atoms with Crippen molar-refractivity contribution in [1.82, 2.24) is 0 Å². The highest BCUT2D eigenvalue weighted by atomic mass is 16.5. The molecule has 1 heterocycles. The Morgan fingerprint density at radius 3 is 2.63 bits per heavy atom. The van der Waals surface area contributed by atoms with Gasteiger partial charge in [-0.05, 0) is 43.4 Å². The van der Waals surface area contributed by atoms with Crippen LogP contribution in [0.25, 0.3) is 0 Å². The van der Waals surface area contributed by atoms with E-state index in [0.717, 1.165) is 12.8 Å². The SMILES string of the molecule is CC1(C)C[C@H]2[C@@H](O)[C@@]34COC(=O)[C@@]3(C4)[C@@](C)(O)[C@@H]2C1. The molecule has 6 atom stereocenters. The van der Waals surface area contributed by atoms with Crippen molar-refractivity contribution in [2.75, 3.05) is 6.61 Å². The molecular weight excluding hydrogens is 244 g/mol. The maximum absolute atomic E-state index is 12.2. The summed E-state index contributed by atoms with van der Waals surface area (Å²) in [4.78, 5) is 12.2. The van der Waals surface area contributed by atoms with Crippen molar-refractivity contribution in [3.8, 4) is 0 Å². The molecule has 0 bridgehead atoms. The molecule has 0 unspecified atom stereocenters. The first-order valence-corrected chi connectivity index (χ1v) is 7.26. The van der Waals surface area contributed by atoms with E-state index in [1.807, 2.05) is 0 Å². The number of aliphatic hydroxyl groups excluding tert-OH is 1. The third-order valence-electron chi connectivity index (χ3n) is 6.75. The van der Waals surface area contributed by atoms with E-state index in [1.54, 1.807) is 6.92 Å². The Labute approximate surface area is 113 Å². The van der Waals surface area contributed by atoms with E-state index in [2.05, 4.69) is 13.8 Å². The Bertz CT molecular complexity index is 483. The topological polar surface area (TPSA) is 66.8 Å². The summed E-state index contributed by atoms with van der Waals surface area (Å²) in [5.74, 6) is -0.200. The summed E-state index contributed by atoms with van der Waals surface area (Å²) in [7, 11) is 0. The zero-order valence-corrected chi connectivity index (χ0v) is 11.8. The summed E-state index contributed by atoms with van der Waals surface area (Å²) in [5, 5.41) is 21.9. The van der Waals surface area contributed by atoms with Crippen LogP contribution in [0.3, 0.4) is 0 Å². The molecule has 4 rings (SSSR count). The van der Waals surface area contributed by atoms with E-state index in [0.29, 0.717) is 6.42 Å². The summed E-state index contributed by atoms with van der Waals surface area (Å²) >= 11 is 0. The summed E-state index contributed by atoms with van der Waals surface area (Å²) in [6, 6.07) is 0. The number of hydrogen-bond donors (Lipinski definition) is 2. The van der Waals surface area contributed by atoms with E-state index in [1.165, 1.54) is 0 Å². The lowest BCUT2D eigenvalue weighted by Crippen LogP contribution is -2.58. The van der Waals surface area contributed by atoms with Crippen molar-refractivity contribution in [3.05, 3.63) is 0 Å². The van der Waals surface area contributed by atoms with Crippen LogP contribution in [0, 0.1) is 28.1 Å². The number of hydrogen-bond acceptors (Lipinski definition) is 4. The quantitative estimate of drug-likeness (QED) is 0.644. The molecule has 0 aromatic heterocycles. The van der Waals surface area contributed by atoms with Gasteiger partial charge in [-0.25, -0.2) is 0 Å². The van der Waals surface area contributed by atoms with E-state index in [-0.39, 0.29) is 29.8 Å². The van der Waals surface area contributed by atoms with Crippen LogP contribution in [-0.4, -0.2) is 34.5 Å². The van der Waals surface area contributed by atoms with Crippen LogP contribution >= 0.6 is 0 Å². The van der Waals surface area contributed by atoms with Crippen molar-refractivity contribution in [1.29, 1.82) is 0 Å². The Hall–Kier alpha value is -0.610. The molecule has 0 aromatic carbocycles. The second kappa shape index (κ2) is 2.86. The maximum atomic E-state index is 12.2. The van der Waals surface area contributed by atoms with Crippen LogP contribution in [0.4, 0.5) is 0 Å². The predicted molar refractivity (Wildman–Crippen MR) is 67.1 cm³/mol. The number of carbonyl (C=O) groups is 1. The molecule has 2 N–H and O–H groups in total. The highest BCUT2D eigenvalue weighted by Crippen LogP contribution is 2.81. The molecule has 4 heteroatoms. The predicted octanol–water partition coefficient (Wildman–Crippen LogP) is 1.10. The molecule has 4 aliphatic rings. The molecule has 3 aliphatic carbocycles. The van der Waals surface area contributed by atoms with Gasteiger partial charge in [-0.3, -0.25) is 4.79 Å². The van der Waals surface area contributed by atoms with Gasteiger partial charge in [0.05, 0.1) is 17.1 Å². The van der Waals surface area contributed by atoms with Gasteiger partial charge in [0.15, 0.2) is 0 Å². The molecule has 1 aliphatic heterocycles. The van der Waals surface area contributed by atoms with Gasteiger partial charge in [-0.1, -0.05) is 13.8 Å². The number of rotatable bonds is 0. The lowest BCUT2D eigenvalue weighted by Gasteiger charge is -2.47. The van der Waals surface area contributed by atoms with Gasteiger partial charge in [-0.2, -0.15) is 0 Å². The number of cyclic esters (lactones) is 1. The molecule has 19 heavy (non-hydrogen) atoms. The normalized spacial score (nSPS) is 61.1. The van der Waals surface area contributed by atoms with E-state index in [9.17, 15) is 15.0 Å². The Morgan fingerprint density at radius 1 is 1.26 bits per heavy atom. The lowest BCUT2D eigenvalue weighted by atomic mass is 9.60. The van der Waals surface area contributed by atoms with Crippen LogP contribution in [-0.2, 0) is 9.53 Å². The highest BCUT2D eigenvalue weighted by molar-refractivity contribution is 5.87. The van der Waals surface area contributed by atoms with Crippen LogP contribution in [0.2, 0.25) is 0 Å². The van der Waals surface area contributed by atoms with Crippen molar-refractivity contribution >= 4 is 5.97 Å². The zero-order valence-electron chi connectivity index (χ0n) is 11.8. The third kappa shape index (κ3) is 1.03. The van der Waals surface area contributed by atoms with Gasteiger partial charge < -0.3 is 14.9 Å². The molecule has 106 valence electrons.